The van der Waals surface area contributed by atoms with Crippen LogP contribution in [0.4, 0.5) is 0 Å². The number of aliphatic hydroxyl groups is 1. The van der Waals surface area contributed by atoms with Crippen LogP contribution in [-0.2, 0) is 12.0 Å². The Kier molecular flexibility index (Phi) is 5.18. The standard InChI is InChI=1S/C17H20ClNO/c1-17(20,15-7-9-16(18)10-8-15)13-19-12-11-14-5-3-2-4-6-14/h2-10,19-20H,11-13H2,1H3/p+1/t17-/m1/s1. The lowest BCUT2D eigenvalue weighted by molar-refractivity contribution is -0.667. The fourth-order valence-electron chi connectivity index (χ4n) is 2.22. The third-order valence-corrected chi connectivity index (χ3v) is 3.74. The average Bonchev–Trinajstić information content (AvgIpc) is 2.45. The highest BCUT2D eigenvalue weighted by Gasteiger charge is 2.24. The van der Waals surface area contributed by atoms with E-state index in [4.69, 9.17) is 11.6 Å². The summed E-state index contributed by atoms with van der Waals surface area (Å²) in [5.41, 5.74) is 1.40. The minimum Gasteiger partial charge on any atom is -0.380 e. The Morgan fingerprint density at radius 2 is 1.70 bits per heavy atom. The summed E-state index contributed by atoms with van der Waals surface area (Å²) in [6.45, 7) is 3.45. The molecule has 0 amide bonds. The summed E-state index contributed by atoms with van der Waals surface area (Å²) in [5, 5.41) is 13.3. The molecule has 2 nitrogen and oxygen atoms in total. The molecule has 0 saturated heterocycles. The molecule has 0 aliphatic rings. The molecule has 0 aromatic heterocycles. The topological polar surface area (TPSA) is 36.8 Å². The van der Waals surface area contributed by atoms with Gasteiger partial charge in [0.15, 0.2) is 0 Å². The summed E-state index contributed by atoms with van der Waals surface area (Å²) in [6, 6.07) is 17.8. The van der Waals surface area contributed by atoms with Gasteiger partial charge in [-0.25, -0.2) is 0 Å². The molecule has 0 aliphatic heterocycles. The third kappa shape index (κ3) is 4.34. The molecule has 0 aliphatic carbocycles. The highest BCUT2D eigenvalue weighted by molar-refractivity contribution is 6.30. The maximum atomic E-state index is 10.5. The Labute approximate surface area is 125 Å². The fourth-order valence-corrected chi connectivity index (χ4v) is 2.35. The van der Waals surface area contributed by atoms with Crippen molar-refractivity contribution in [2.75, 3.05) is 13.1 Å². The molecular weight excluding hydrogens is 270 g/mol. The van der Waals surface area contributed by atoms with Crippen LogP contribution in [0.3, 0.4) is 0 Å². The largest absolute Gasteiger partial charge is 0.380 e. The molecule has 2 rings (SSSR count). The van der Waals surface area contributed by atoms with E-state index in [-0.39, 0.29) is 0 Å². The number of rotatable bonds is 6. The van der Waals surface area contributed by atoms with E-state index < -0.39 is 5.60 Å². The molecule has 0 radical (unpaired) electrons. The van der Waals surface area contributed by atoms with Crippen molar-refractivity contribution in [3.05, 3.63) is 70.7 Å². The molecule has 0 spiro atoms. The number of hydrogen-bond acceptors (Lipinski definition) is 1. The first-order valence-electron chi connectivity index (χ1n) is 6.92. The van der Waals surface area contributed by atoms with Gasteiger partial charge in [0.25, 0.3) is 0 Å². The van der Waals surface area contributed by atoms with Gasteiger partial charge in [-0.05, 0) is 30.2 Å². The van der Waals surface area contributed by atoms with Crippen LogP contribution in [0.25, 0.3) is 0 Å². The second-order valence-corrected chi connectivity index (χ2v) is 5.73. The maximum Gasteiger partial charge on any atom is 0.135 e. The molecule has 106 valence electrons. The quantitative estimate of drug-likeness (QED) is 0.788. The lowest BCUT2D eigenvalue weighted by Gasteiger charge is -2.22. The zero-order chi connectivity index (χ0) is 14.4. The van der Waals surface area contributed by atoms with Gasteiger partial charge < -0.3 is 10.4 Å². The molecule has 3 heteroatoms. The molecule has 3 N–H and O–H groups in total. The van der Waals surface area contributed by atoms with E-state index in [1.54, 1.807) is 0 Å². The van der Waals surface area contributed by atoms with Crippen LogP contribution < -0.4 is 5.32 Å². The fraction of sp³-hybridized carbons (Fsp3) is 0.294. The van der Waals surface area contributed by atoms with Gasteiger partial charge in [-0.2, -0.15) is 0 Å². The molecule has 0 fully saturated rings. The zero-order valence-electron chi connectivity index (χ0n) is 11.7. The van der Waals surface area contributed by atoms with Gasteiger partial charge in [-0.1, -0.05) is 54.1 Å². The van der Waals surface area contributed by atoms with Crippen molar-refractivity contribution in [2.45, 2.75) is 18.9 Å². The normalized spacial score (nSPS) is 13.9. The predicted octanol–water partition coefficient (Wildman–Crippen LogP) is 2.35. The van der Waals surface area contributed by atoms with Gasteiger partial charge >= 0.3 is 0 Å². The van der Waals surface area contributed by atoms with Gasteiger partial charge in [-0.3, -0.25) is 0 Å². The van der Waals surface area contributed by atoms with E-state index >= 15 is 0 Å². The van der Waals surface area contributed by atoms with E-state index in [2.05, 4.69) is 29.6 Å². The predicted molar refractivity (Wildman–Crippen MR) is 82.8 cm³/mol. The first-order chi connectivity index (χ1) is 9.58. The van der Waals surface area contributed by atoms with Crippen molar-refractivity contribution in [1.82, 2.24) is 0 Å². The van der Waals surface area contributed by atoms with Crippen molar-refractivity contribution in [3.63, 3.8) is 0 Å². The molecule has 0 heterocycles. The Hall–Kier alpha value is -1.35. The van der Waals surface area contributed by atoms with Crippen LogP contribution >= 0.6 is 11.6 Å². The van der Waals surface area contributed by atoms with Crippen molar-refractivity contribution in [2.24, 2.45) is 0 Å². The van der Waals surface area contributed by atoms with E-state index in [9.17, 15) is 5.11 Å². The van der Waals surface area contributed by atoms with Crippen molar-refractivity contribution >= 4 is 11.6 Å². The number of hydrogen-bond donors (Lipinski definition) is 2. The monoisotopic (exact) mass is 290 g/mol. The minimum absolute atomic E-state index is 0.640. The summed E-state index contributed by atoms with van der Waals surface area (Å²) < 4.78 is 0. The smallest absolute Gasteiger partial charge is 0.135 e. The van der Waals surface area contributed by atoms with Crippen LogP contribution in [0.15, 0.2) is 54.6 Å². The minimum atomic E-state index is -0.832. The average molecular weight is 291 g/mol. The summed E-state index contributed by atoms with van der Waals surface area (Å²) >= 11 is 5.87. The summed E-state index contributed by atoms with van der Waals surface area (Å²) in [7, 11) is 0. The van der Waals surface area contributed by atoms with Crippen LogP contribution in [0.1, 0.15) is 18.1 Å². The first-order valence-corrected chi connectivity index (χ1v) is 7.30. The second kappa shape index (κ2) is 6.89. The number of nitrogens with two attached hydrogens (primary N) is 1. The molecule has 0 unspecified atom stereocenters. The highest BCUT2D eigenvalue weighted by atomic mass is 35.5. The lowest BCUT2D eigenvalue weighted by atomic mass is 9.96. The second-order valence-electron chi connectivity index (χ2n) is 5.30. The number of halogens is 1. The third-order valence-electron chi connectivity index (χ3n) is 3.49. The summed E-state index contributed by atoms with van der Waals surface area (Å²) in [4.78, 5) is 0. The number of benzene rings is 2. The van der Waals surface area contributed by atoms with Gasteiger partial charge in [0, 0.05) is 11.4 Å². The SMILES string of the molecule is C[C@@](O)(C[NH2+]CCc1ccccc1)c1ccc(Cl)cc1. The van der Waals surface area contributed by atoms with Crippen molar-refractivity contribution < 1.29 is 10.4 Å². The van der Waals surface area contributed by atoms with E-state index in [1.165, 1.54) is 5.56 Å². The molecule has 1 atom stereocenters. The first kappa shape index (κ1) is 15.0. The zero-order valence-corrected chi connectivity index (χ0v) is 12.5. The van der Waals surface area contributed by atoms with Crippen LogP contribution in [0.2, 0.25) is 5.02 Å². The van der Waals surface area contributed by atoms with Gasteiger partial charge in [0.2, 0.25) is 0 Å². The van der Waals surface area contributed by atoms with E-state index in [0.717, 1.165) is 18.5 Å². The van der Waals surface area contributed by atoms with Gasteiger partial charge in [0.1, 0.15) is 12.1 Å². The van der Waals surface area contributed by atoms with E-state index in [0.29, 0.717) is 11.6 Å². The molecule has 20 heavy (non-hydrogen) atoms. The van der Waals surface area contributed by atoms with Crippen LogP contribution in [0.5, 0.6) is 0 Å². The lowest BCUT2D eigenvalue weighted by Crippen LogP contribution is -2.87. The molecule has 2 aromatic carbocycles. The maximum absolute atomic E-state index is 10.5. The van der Waals surface area contributed by atoms with E-state index in [1.807, 2.05) is 37.3 Å². The van der Waals surface area contributed by atoms with Crippen molar-refractivity contribution in [3.8, 4) is 0 Å². The summed E-state index contributed by atoms with van der Waals surface area (Å²) in [5.74, 6) is 0. The van der Waals surface area contributed by atoms with Crippen LogP contribution in [0, 0.1) is 0 Å². The van der Waals surface area contributed by atoms with Gasteiger partial charge in [-0.15, -0.1) is 0 Å². The molecule has 0 saturated carbocycles. The Morgan fingerprint density at radius 1 is 1.05 bits per heavy atom. The molecular formula is C17H21ClNO+. The van der Waals surface area contributed by atoms with Gasteiger partial charge in [0.05, 0.1) is 6.54 Å². The number of quaternary nitrogens is 1. The van der Waals surface area contributed by atoms with Crippen molar-refractivity contribution in [1.29, 1.82) is 0 Å². The molecule has 2 aromatic rings. The molecule has 0 bridgehead atoms. The Balaban J connectivity index is 1.82. The van der Waals surface area contributed by atoms with Crippen LogP contribution in [-0.4, -0.2) is 18.2 Å². The Morgan fingerprint density at radius 3 is 2.35 bits per heavy atom. The Bertz CT molecular complexity index is 522. The summed E-state index contributed by atoms with van der Waals surface area (Å²) in [6.07, 6.45) is 1.01. The highest BCUT2D eigenvalue weighted by Crippen LogP contribution is 2.20.